The molecule has 3 heteroatoms. The summed E-state index contributed by atoms with van der Waals surface area (Å²) >= 11 is 0. The van der Waals surface area contributed by atoms with Crippen molar-refractivity contribution in [1.29, 1.82) is 0 Å². The number of aliphatic hydroxyl groups excluding tert-OH is 1. The summed E-state index contributed by atoms with van der Waals surface area (Å²) in [6.07, 6.45) is 2.05. The Balaban J connectivity index is 2.30. The van der Waals surface area contributed by atoms with Crippen LogP contribution in [0.25, 0.3) is 0 Å². The van der Waals surface area contributed by atoms with Crippen LogP contribution in [-0.2, 0) is 18.9 Å². The van der Waals surface area contributed by atoms with Crippen molar-refractivity contribution < 1.29 is 5.11 Å². The maximum absolute atomic E-state index is 10.6. The lowest BCUT2D eigenvalue weighted by Gasteiger charge is -2.20. The van der Waals surface area contributed by atoms with Crippen LogP contribution in [0, 0.1) is 6.92 Å². The van der Waals surface area contributed by atoms with Crippen molar-refractivity contribution in [2.45, 2.75) is 45.6 Å². The Bertz CT molecular complexity index is 593. The molecule has 2 rings (SSSR count). The number of hydrogen-bond donors (Lipinski definition) is 1. The lowest BCUT2D eigenvalue weighted by atomic mass is 9.87. The largest absolute Gasteiger partial charge is 0.388 e. The van der Waals surface area contributed by atoms with Crippen molar-refractivity contribution in [1.82, 2.24) is 9.78 Å². The average Bonchev–Trinajstić information content (AvgIpc) is 2.74. The van der Waals surface area contributed by atoms with E-state index in [4.69, 9.17) is 0 Å². The van der Waals surface area contributed by atoms with Crippen LogP contribution in [0.3, 0.4) is 0 Å². The minimum absolute atomic E-state index is 0.0662. The predicted molar refractivity (Wildman–Crippen MR) is 81.8 cm³/mol. The number of rotatable bonds is 3. The fraction of sp³-hybridized carbons (Fsp3) is 0.471. The second-order valence-electron chi connectivity index (χ2n) is 6.50. The molecule has 0 saturated heterocycles. The Kier molecular flexibility index (Phi) is 4.00. The highest BCUT2D eigenvalue weighted by Gasteiger charge is 2.25. The van der Waals surface area contributed by atoms with Crippen molar-refractivity contribution in [3.05, 3.63) is 52.8 Å². The van der Waals surface area contributed by atoms with Gasteiger partial charge in [-0.15, -0.1) is 0 Å². The quantitative estimate of drug-likeness (QED) is 0.931. The minimum atomic E-state index is -0.515. The molecule has 0 amide bonds. The van der Waals surface area contributed by atoms with E-state index in [1.54, 1.807) is 4.68 Å². The molecule has 1 N–H and O–H groups in total. The normalized spacial score (nSPS) is 13.5. The van der Waals surface area contributed by atoms with Crippen LogP contribution in [0.1, 0.15) is 49.3 Å². The van der Waals surface area contributed by atoms with Gasteiger partial charge >= 0.3 is 0 Å². The number of aliphatic hydroxyl groups is 1. The molecule has 108 valence electrons. The second-order valence-corrected chi connectivity index (χ2v) is 6.50. The van der Waals surface area contributed by atoms with Crippen molar-refractivity contribution in [2.24, 2.45) is 7.05 Å². The Morgan fingerprint density at radius 3 is 2.50 bits per heavy atom. The van der Waals surface area contributed by atoms with Crippen molar-refractivity contribution in [2.75, 3.05) is 0 Å². The highest BCUT2D eigenvalue weighted by Crippen LogP contribution is 2.30. The van der Waals surface area contributed by atoms with Crippen LogP contribution in [0.2, 0.25) is 0 Å². The van der Waals surface area contributed by atoms with Gasteiger partial charge in [-0.2, -0.15) is 5.10 Å². The summed E-state index contributed by atoms with van der Waals surface area (Å²) in [7, 11) is 1.90. The van der Waals surface area contributed by atoms with Gasteiger partial charge in [0.05, 0.1) is 11.8 Å². The average molecular weight is 272 g/mol. The fourth-order valence-corrected chi connectivity index (χ4v) is 2.49. The van der Waals surface area contributed by atoms with Gasteiger partial charge in [0, 0.05) is 30.6 Å². The summed E-state index contributed by atoms with van der Waals surface area (Å²) in [5.41, 5.74) is 4.24. The highest BCUT2D eigenvalue weighted by molar-refractivity contribution is 5.31. The first-order valence-corrected chi connectivity index (χ1v) is 7.05. The number of nitrogens with zero attached hydrogens (tertiary/aromatic N) is 2. The zero-order valence-corrected chi connectivity index (χ0v) is 13.0. The molecule has 0 saturated carbocycles. The molecule has 1 aromatic carbocycles. The van der Waals surface area contributed by atoms with E-state index in [1.807, 2.05) is 25.4 Å². The van der Waals surface area contributed by atoms with E-state index < -0.39 is 6.10 Å². The molecule has 0 radical (unpaired) electrons. The van der Waals surface area contributed by atoms with Crippen molar-refractivity contribution >= 4 is 0 Å². The molecule has 1 heterocycles. The van der Waals surface area contributed by atoms with Gasteiger partial charge in [0.2, 0.25) is 0 Å². The summed E-state index contributed by atoms with van der Waals surface area (Å²) in [4.78, 5) is 0. The first-order valence-electron chi connectivity index (χ1n) is 7.05. The summed E-state index contributed by atoms with van der Waals surface area (Å²) in [6.45, 7) is 8.45. The monoisotopic (exact) mass is 272 g/mol. The first-order chi connectivity index (χ1) is 9.29. The molecule has 0 aliphatic carbocycles. The van der Waals surface area contributed by atoms with E-state index in [2.05, 4.69) is 44.9 Å². The molecule has 0 aliphatic heterocycles. The topological polar surface area (TPSA) is 38.0 Å². The van der Waals surface area contributed by atoms with E-state index in [-0.39, 0.29) is 5.41 Å². The molecule has 0 aliphatic rings. The highest BCUT2D eigenvalue weighted by atomic mass is 16.3. The molecule has 1 atom stereocenters. The van der Waals surface area contributed by atoms with Crippen molar-refractivity contribution in [3.63, 3.8) is 0 Å². The summed E-state index contributed by atoms with van der Waals surface area (Å²) in [5.74, 6) is 0. The van der Waals surface area contributed by atoms with Gasteiger partial charge in [0.15, 0.2) is 0 Å². The zero-order valence-electron chi connectivity index (χ0n) is 13.0. The number of hydrogen-bond acceptors (Lipinski definition) is 2. The van der Waals surface area contributed by atoms with Gasteiger partial charge in [-0.05, 0) is 18.1 Å². The summed E-state index contributed by atoms with van der Waals surface area (Å²) in [5, 5.41) is 15.1. The third-order valence-corrected chi connectivity index (χ3v) is 3.60. The Hall–Kier alpha value is -1.61. The van der Waals surface area contributed by atoms with Gasteiger partial charge < -0.3 is 5.11 Å². The molecule has 0 fully saturated rings. The third kappa shape index (κ3) is 3.10. The lowest BCUT2D eigenvalue weighted by molar-refractivity contribution is 0.175. The van der Waals surface area contributed by atoms with E-state index in [9.17, 15) is 5.11 Å². The smallest absolute Gasteiger partial charge is 0.0863 e. The molecular weight excluding hydrogens is 248 g/mol. The number of aryl methyl sites for hydroxylation is 2. The van der Waals surface area contributed by atoms with Crippen LogP contribution in [-0.4, -0.2) is 14.9 Å². The SMILES string of the molecule is Cc1ccccc1CC(O)c1cn(C)nc1C(C)(C)C. The van der Waals surface area contributed by atoms with E-state index in [1.165, 1.54) is 11.1 Å². The van der Waals surface area contributed by atoms with Gasteiger partial charge in [-0.1, -0.05) is 45.0 Å². The van der Waals surface area contributed by atoms with Gasteiger partial charge in [-0.3, -0.25) is 4.68 Å². The Labute approximate surface area is 121 Å². The van der Waals surface area contributed by atoms with E-state index >= 15 is 0 Å². The molecule has 3 nitrogen and oxygen atoms in total. The first kappa shape index (κ1) is 14.8. The molecule has 1 unspecified atom stereocenters. The van der Waals surface area contributed by atoms with Crippen LogP contribution in [0.5, 0.6) is 0 Å². The van der Waals surface area contributed by atoms with E-state index in [0.717, 1.165) is 11.3 Å². The van der Waals surface area contributed by atoms with Crippen LogP contribution in [0.15, 0.2) is 30.5 Å². The maximum Gasteiger partial charge on any atom is 0.0863 e. The molecule has 0 spiro atoms. The van der Waals surface area contributed by atoms with Crippen LogP contribution in [0.4, 0.5) is 0 Å². The van der Waals surface area contributed by atoms with Crippen LogP contribution >= 0.6 is 0 Å². The van der Waals surface area contributed by atoms with Gasteiger partial charge in [0.1, 0.15) is 0 Å². The third-order valence-electron chi connectivity index (χ3n) is 3.60. The maximum atomic E-state index is 10.6. The lowest BCUT2D eigenvalue weighted by Crippen LogP contribution is -2.17. The molecule has 1 aromatic heterocycles. The molecular formula is C17H24N2O. The predicted octanol–water partition coefficient (Wildman–Crippen LogP) is 3.30. The molecule has 20 heavy (non-hydrogen) atoms. The fourth-order valence-electron chi connectivity index (χ4n) is 2.49. The minimum Gasteiger partial charge on any atom is -0.388 e. The number of aromatic nitrogens is 2. The standard InChI is InChI=1S/C17H24N2O/c1-12-8-6-7-9-13(12)10-15(20)14-11-19(5)18-16(14)17(2,3)4/h6-9,11,15,20H,10H2,1-5H3. The summed E-state index contributed by atoms with van der Waals surface area (Å²) < 4.78 is 1.79. The number of benzene rings is 1. The Morgan fingerprint density at radius 1 is 1.25 bits per heavy atom. The van der Waals surface area contributed by atoms with Crippen molar-refractivity contribution in [3.8, 4) is 0 Å². The van der Waals surface area contributed by atoms with E-state index in [0.29, 0.717) is 6.42 Å². The van der Waals surface area contributed by atoms with Crippen LogP contribution < -0.4 is 0 Å². The Morgan fingerprint density at radius 2 is 1.90 bits per heavy atom. The zero-order chi connectivity index (χ0) is 14.9. The van der Waals surface area contributed by atoms with Gasteiger partial charge in [-0.25, -0.2) is 0 Å². The molecule has 0 bridgehead atoms. The summed E-state index contributed by atoms with van der Waals surface area (Å²) in [6, 6.07) is 8.19. The second kappa shape index (κ2) is 5.41. The molecule has 2 aromatic rings. The van der Waals surface area contributed by atoms with Gasteiger partial charge in [0.25, 0.3) is 0 Å².